The summed E-state index contributed by atoms with van der Waals surface area (Å²) in [5, 5.41) is 10.6. The summed E-state index contributed by atoms with van der Waals surface area (Å²) in [7, 11) is 2.25. The van der Waals surface area contributed by atoms with Crippen LogP contribution < -0.4 is 20.9 Å². The molecule has 0 saturated carbocycles. The molecule has 0 radical (unpaired) electrons. The number of benzene rings is 1. The average Bonchev–Trinajstić information content (AvgIpc) is 3.43. The summed E-state index contributed by atoms with van der Waals surface area (Å²) >= 11 is 0. The molecule has 3 aromatic rings. The number of nitrogens with zero attached hydrogens (tertiary/aromatic N) is 4. The van der Waals surface area contributed by atoms with Crippen molar-refractivity contribution in [1.82, 2.24) is 30.4 Å². The van der Waals surface area contributed by atoms with Crippen LogP contribution in [0.4, 0.5) is 4.39 Å². The molecule has 0 fully saturated rings. The quantitative estimate of drug-likeness (QED) is 0.218. The van der Waals surface area contributed by atoms with E-state index in [1.54, 1.807) is 0 Å². The van der Waals surface area contributed by atoms with E-state index in [0.29, 0.717) is 4.57 Å². The molecule has 0 saturated heterocycles. The Hall–Kier alpha value is -4.50. The average molecular weight is 583 g/mol. The third-order valence-electron chi connectivity index (χ3n) is 5.08. The minimum atomic E-state index is -3.77. The number of hydrogen-bond donors (Lipinski definition) is 2. The van der Waals surface area contributed by atoms with Gasteiger partial charge < -0.3 is 29.3 Å². The van der Waals surface area contributed by atoms with E-state index in [-0.39, 0.29) is 31.3 Å². The van der Waals surface area contributed by atoms with Crippen LogP contribution in [0.25, 0.3) is 0 Å². The molecule has 0 aliphatic carbocycles. The van der Waals surface area contributed by atoms with Gasteiger partial charge in [0.1, 0.15) is 11.6 Å². The molecule has 0 spiro atoms. The topological polar surface area (TPSA) is 177 Å². The predicted octanol–water partition coefficient (Wildman–Crippen LogP) is 1.16. The first kappa shape index (κ1) is 21.3. The van der Waals surface area contributed by atoms with E-state index in [1.807, 2.05) is 10.6 Å². The molecule has 2 amide bonds. The van der Waals surface area contributed by atoms with Crippen molar-refractivity contribution in [3.05, 3.63) is 69.3 Å². The monoisotopic (exact) mass is 582 g/mol. The molecule has 14 nitrogen and oxygen atoms in total. The molecule has 1 aromatic carbocycles. The van der Waals surface area contributed by atoms with Gasteiger partial charge in [0, 0.05) is 35.8 Å². The summed E-state index contributed by atoms with van der Waals surface area (Å²) < 4.78 is 100. The Kier molecular flexibility index (Phi) is 7.12. The first-order valence-corrected chi connectivity index (χ1v) is 11.8. The van der Waals surface area contributed by atoms with Crippen molar-refractivity contribution in [2.45, 2.75) is 39.1 Å². The Morgan fingerprint density at radius 2 is 1.88 bits per heavy atom. The van der Waals surface area contributed by atoms with Crippen LogP contribution in [0.5, 0.6) is 5.75 Å². The zero-order chi connectivity index (χ0) is 36.9. The lowest BCUT2D eigenvalue weighted by Gasteiger charge is -2.27. The molecule has 0 atom stereocenters. The fraction of sp³-hybridized carbons (Fsp3) is 0.423. The van der Waals surface area contributed by atoms with Gasteiger partial charge in [0.2, 0.25) is 11.6 Å². The molecule has 41 heavy (non-hydrogen) atoms. The zero-order valence-corrected chi connectivity index (χ0v) is 22.1. The molecule has 2 heterocycles. The number of aromatic nitrogens is 4. The molecule has 15 heteroatoms. The third kappa shape index (κ3) is 8.25. The summed E-state index contributed by atoms with van der Waals surface area (Å²) in [5.41, 5.74) is -6.60. The van der Waals surface area contributed by atoms with Crippen molar-refractivity contribution in [3.63, 3.8) is 0 Å². The Labute approximate surface area is 245 Å². The van der Waals surface area contributed by atoms with Crippen LogP contribution in [-0.4, -0.2) is 64.5 Å². The number of nitrogens with one attached hydrogen (secondary N) is 2. The van der Waals surface area contributed by atoms with Gasteiger partial charge >= 0.3 is 17.8 Å². The first-order valence-electron chi connectivity index (χ1n) is 15.8. The van der Waals surface area contributed by atoms with Gasteiger partial charge in [-0.1, -0.05) is 12.1 Å². The highest BCUT2D eigenvalue weighted by Crippen LogP contribution is 2.22. The Balaban J connectivity index is 2.26. The van der Waals surface area contributed by atoms with Crippen LogP contribution in [0.3, 0.4) is 0 Å². The van der Waals surface area contributed by atoms with Gasteiger partial charge in [-0.25, -0.2) is 9.37 Å². The smallest absolute Gasteiger partial charge is 0.313 e. The number of carbonyl (C=O) groups is 3. The van der Waals surface area contributed by atoms with Crippen LogP contribution in [0.15, 0.2) is 33.5 Å². The number of aryl methyl sites for hydroxylation is 1. The van der Waals surface area contributed by atoms with Gasteiger partial charge in [0.25, 0.3) is 11.5 Å². The van der Waals surface area contributed by atoms with Crippen LogP contribution in [0, 0.1) is 12.7 Å². The fourth-order valence-corrected chi connectivity index (χ4v) is 3.12. The maximum atomic E-state index is 13.8. The van der Waals surface area contributed by atoms with Gasteiger partial charge in [-0.2, -0.15) is 0 Å². The lowest BCUT2D eigenvalue weighted by molar-refractivity contribution is -0.135. The zero-order valence-electron chi connectivity index (χ0n) is 30.1. The van der Waals surface area contributed by atoms with E-state index in [2.05, 4.69) is 15.2 Å². The summed E-state index contributed by atoms with van der Waals surface area (Å²) in [6, 6.07) is 3.77. The second kappa shape index (κ2) is 13.7. The number of rotatable bonds is 13. The second-order valence-corrected chi connectivity index (χ2v) is 8.22. The van der Waals surface area contributed by atoms with E-state index in [1.165, 1.54) is 14.0 Å². The molecule has 220 valence electrons. The lowest BCUT2D eigenvalue weighted by atomic mass is 10.0. The van der Waals surface area contributed by atoms with Gasteiger partial charge in [-0.3, -0.25) is 23.7 Å². The SMILES string of the molecule is [2H]C([2H])(NC(=O)c1nc(C(NC(=O)c2nnc(C)o2)(C([2H])([2H])[2H])C([2H])([2H])[2H])n(C)c(=O)c1OC(=O)CCOCCOC)c1ccc(F)cc1. The van der Waals surface area contributed by atoms with Crippen LogP contribution in [0.1, 0.15) is 69.5 Å². The van der Waals surface area contributed by atoms with Gasteiger partial charge in [-0.15, -0.1) is 10.2 Å². The summed E-state index contributed by atoms with van der Waals surface area (Å²) in [6.07, 6.45) is -0.486. The van der Waals surface area contributed by atoms with Crippen molar-refractivity contribution in [2.24, 2.45) is 7.05 Å². The number of methoxy groups -OCH3 is 1. The predicted molar refractivity (Wildman–Crippen MR) is 140 cm³/mol. The fourth-order valence-electron chi connectivity index (χ4n) is 3.12. The molecule has 2 aromatic heterocycles. The van der Waals surface area contributed by atoms with Crippen molar-refractivity contribution in [1.29, 1.82) is 0 Å². The number of amides is 2. The minimum Gasteiger partial charge on any atom is -0.418 e. The van der Waals surface area contributed by atoms with E-state index >= 15 is 0 Å². The molecular weight excluding hydrogens is 543 g/mol. The minimum absolute atomic E-state index is 0.0924. The van der Waals surface area contributed by atoms with E-state index in [4.69, 9.17) is 29.6 Å². The summed E-state index contributed by atoms with van der Waals surface area (Å²) in [4.78, 5) is 57.1. The van der Waals surface area contributed by atoms with E-state index < -0.39 is 84.5 Å². The summed E-state index contributed by atoms with van der Waals surface area (Å²) in [6.45, 7) is -9.02. The normalized spacial score (nSPS) is 15.1. The Morgan fingerprint density at radius 3 is 2.51 bits per heavy atom. The summed E-state index contributed by atoms with van der Waals surface area (Å²) in [5.74, 6) is -8.40. The van der Waals surface area contributed by atoms with E-state index in [0.717, 1.165) is 31.3 Å². The van der Waals surface area contributed by atoms with Gasteiger partial charge in [-0.05, 0) is 31.4 Å². The standard InChI is InChI=1S/C26H31FN6O8/c1-15-31-32-23(40-15)22(36)30-26(2,3)25-29-19(21(35)28-14-16-6-8-17(27)9-7-16)20(24(37)33(25)4)41-18(34)10-11-39-13-12-38-5/h6-9H,10-14H2,1-5H3,(H,28,35)(H,30,36)/i2D3,3D3,14D2. The highest BCUT2D eigenvalue weighted by atomic mass is 19.1. The number of carbonyl (C=O) groups excluding carboxylic acids is 3. The van der Waals surface area contributed by atoms with Crippen molar-refractivity contribution >= 4 is 17.8 Å². The maximum Gasteiger partial charge on any atom is 0.313 e. The van der Waals surface area contributed by atoms with Crippen molar-refractivity contribution in [3.8, 4) is 5.75 Å². The Bertz CT molecular complexity index is 1730. The highest BCUT2D eigenvalue weighted by Gasteiger charge is 2.33. The second-order valence-electron chi connectivity index (χ2n) is 8.22. The number of ether oxygens (including phenoxy) is 3. The molecule has 0 aliphatic heterocycles. The third-order valence-corrected chi connectivity index (χ3v) is 5.08. The number of halogens is 1. The van der Waals surface area contributed by atoms with Crippen LogP contribution >= 0.6 is 0 Å². The van der Waals surface area contributed by atoms with Crippen molar-refractivity contribution < 1.29 is 48.4 Å². The van der Waals surface area contributed by atoms with E-state index in [9.17, 15) is 23.6 Å². The van der Waals surface area contributed by atoms with Crippen LogP contribution in [-0.2, 0) is 33.4 Å². The maximum absolute atomic E-state index is 13.8. The highest BCUT2D eigenvalue weighted by molar-refractivity contribution is 5.95. The van der Waals surface area contributed by atoms with Crippen LogP contribution in [0.2, 0.25) is 0 Å². The Morgan fingerprint density at radius 1 is 1.15 bits per heavy atom. The largest absolute Gasteiger partial charge is 0.418 e. The first-order chi connectivity index (χ1) is 22.7. The molecular formula is C26H31FN6O8. The number of esters is 1. The van der Waals surface area contributed by atoms with Gasteiger partial charge in [0.15, 0.2) is 5.69 Å². The molecule has 0 aliphatic rings. The molecule has 0 bridgehead atoms. The van der Waals surface area contributed by atoms with Gasteiger partial charge in [0.05, 0.1) is 34.5 Å². The van der Waals surface area contributed by atoms with Crippen molar-refractivity contribution in [2.75, 3.05) is 26.9 Å². The molecule has 2 N–H and O–H groups in total. The number of hydrogen-bond acceptors (Lipinski definition) is 11. The lowest BCUT2D eigenvalue weighted by Crippen LogP contribution is -2.46. The molecule has 0 unspecified atom stereocenters. The molecule has 3 rings (SSSR count).